The Balaban J connectivity index is 2.33. The number of nitrogens with one attached hydrogen (secondary N) is 1. The van der Waals surface area contributed by atoms with Crippen molar-refractivity contribution < 1.29 is 5.11 Å². The van der Waals surface area contributed by atoms with Crippen LogP contribution in [0.3, 0.4) is 0 Å². The molecule has 2 N–H and O–H groups in total. The lowest BCUT2D eigenvalue weighted by molar-refractivity contribution is 0.213. The third-order valence-corrected chi connectivity index (χ3v) is 4.23. The fourth-order valence-electron chi connectivity index (χ4n) is 2.51. The summed E-state index contributed by atoms with van der Waals surface area (Å²) in [5, 5.41) is 13.6. The minimum atomic E-state index is -0.239. The third-order valence-electron chi connectivity index (χ3n) is 3.87. The Morgan fingerprint density at radius 3 is 2.47 bits per heavy atom. The summed E-state index contributed by atoms with van der Waals surface area (Å²) in [5.41, 5.74) is 0.613. The Bertz CT molecular complexity index is 456. The molecule has 0 aliphatic heterocycles. The zero-order chi connectivity index (χ0) is 14.0. The SMILES string of the molecule is Cc1c(Cl)nc(C(C)C)nc1NC1(CO)CCCC1. The lowest BCUT2D eigenvalue weighted by Crippen LogP contribution is -2.39. The summed E-state index contributed by atoms with van der Waals surface area (Å²) in [6.45, 7) is 6.13. The molecule has 0 bridgehead atoms. The fourth-order valence-corrected chi connectivity index (χ4v) is 2.69. The van der Waals surface area contributed by atoms with Gasteiger partial charge in [0.05, 0.1) is 12.1 Å². The molecule has 5 heteroatoms. The Morgan fingerprint density at radius 1 is 1.32 bits per heavy atom. The van der Waals surface area contributed by atoms with E-state index >= 15 is 0 Å². The molecule has 0 saturated heterocycles. The van der Waals surface area contributed by atoms with E-state index < -0.39 is 0 Å². The predicted molar refractivity (Wildman–Crippen MR) is 77.8 cm³/mol. The van der Waals surface area contributed by atoms with Crippen LogP contribution in [0.25, 0.3) is 0 Å². The molecule has 0 aromatic carbocycles. The number of nitrogens with zero attached hydrogens (tertiary/aromatic N) is 2. The molecule has 1 aliphatic carbocycles. The van der Waals surface area contributed by atoms with Crippen molar-refractivity contribution in [2.45, 2.75) is 57.9 Å². The van der Waals surface area contributed by atoms with Crippen molar-refractivity contribution in [1.29, 1.82) is 0 Å². The molecule has 1 fully saturated rings. The quantitative estimate of drug-likeness (QED) is 0.833. The lowest BCUT2D eigenvalue weighted by atomic mass is 9.98. The van der Waals surface area contributed by atoms with Crippen molar-refractivity contribution in [2.24, 2.45) is 0 Å². The number of aliphatic hydroxyl groups is 1. The standard InChI is InChI=1S/C14H22ClN3O/c1-9(2)12-16-11(15)10(3)13(17-12)18-14(8-19)6-4-5-7-14/h9,19H,4-8H2,1-3H3,(H,16,17,18). The second kappa shape index (κ2) is 5.63. The van der Waals surface area contributed by atoms with Gasteiger partial charge in [-0.3, -0.25) is 0 Å². The zero-order valence-corrected chi connectivity index (χ0v) is 12.6. The maximum absolute atomic E-state index is 9.68. The number of halogens is 1. The summed E-state index contributed by atoms with van der Waals surface area (Å²) in [5.74, 6) is 1.73. The Kier molecular flexibility index (Phi) is 4.31. The minimum Gasteiger partial charge on any atom is -0.394 e. The van der Waals surface area contributed by atoms with Gasteiger partial charge in [-0.15, -0.1) is 0 Å². The number of aliphatic hydroxyl groups excluding tert-OH is 1. The van der Waals surface area contributed by atoms with Gasteiger partial charge in [0, 0.05) is 11.5 Å². The van der Waals surface area contributed by atoms with Crippen LogP contribution in [-0.2, 0) is 0 Å². The molecule has 1 aromatic rings. The summed E-state index contributed by atoms with van der Waals surface area (Å²) in [6.07, 6.45) is 4.23. The second-order valence-electron chi connectivity index (χ2n) is 5.77. The monoisotopic (exact) mass is 283 g/mol. The summed E-state index contributed by atoms with van der Waals surface area (Å²) >= 11 is 6.18. The van der Waals surface area contributed by atoms with Crippen LogP contribution in [-0.4, -0.2) is 27.2 Å². The van der Waals surface area contributed by atoms with Crippen LogP contribution < -0.4 is 5.32 Å². The maximum atomic E-state index is 9.68. The highest BCUT2D eigenvalue weighted by Gasteiger charge is 2.34. The van der Waals surface area contributed by atoms with Gasteiger partial charge < -0.3 is 10.4 Å². The van der Waals surface area contributed by atoms with Gasteiger partial charge in [-0.25, -0.2) is 9.97 Å². The number of anilines is 1. The molecule has 0 spiro atoms. The first-order valence-electron chi connectivity index (χ1n) is 6.90. The molecule has 1 saturated carbocycles. The van der Waals surface area contributed by atoms with Crippen molar-refractivity contribution >= 4 is 17.4 Å². The molecule has 19 heavy (non-hydrogen) atoms. The number of rotatable bonds is 4. The highest BCUT2D eigenvalue weighted by atomic mass is 35.5. The Hall–Kier alpha value is -0.870. The van der Waals surface area contributed by atoms with E-state index in [1.54, 1.807) is 0 Å². The van der Waals surface area contributed by atoms with Crippen molar-refractivity contribution in [3.05, 3.63) is 16.5 Å². The summed E-state index contributed by atoms with van der Waals surface area (Å²) in [6, 6.07) is 0. The van der Waals surface area contributed by atoms with E-state index in [0.29, 0.717) is 5.15 Å². The average molecular weight is 284 g/mol. The van der Waals surface area contributed by atoms with Crippen molar-refractivity contribution in [3.63, 3.8) is 0 Å². The van der Waals surface area contributed by atoms with Gasteiger partial charge in [0.25, 0.3) is 0 Å². The zero-order valence-electron chi connectivity index (χ0n) is 11.8. The second-order valence-corrected chi connectivity index (χ2v) is 6.13. The van der Waals surface area contributed by atoms with Gasteiger partial charge in [0.15, 0.2) is 0 Å². The lowest BCUT2D eigenvalue weighted by Gasteiger charge is -2.29. The molecular weight excluding hydrogens is 262 g/mol. The van der Waals surface area contributed by atoms with Crippen molar-refractivity contribution in [3.8, 4) is 0 Å². The van der Waals surface area contributed by atoms with Crippen LogP contribution in [0, 0.1) is 6.92 Å². The predicted octanol–water partition coefficient (Wildman–Crippen LogP) is 3.28. The maximum Gasteiger partial charge on any atom is 0.137 e. The number of hydrogen-bond acceptors (Lipinski definition) is 4. The van der Waals surface area contributed by atoms with E-state index in [9.17, 15) is 5.11 Å². The van der Waals surface area contributed by atoms with Crippen molar-refractivity contribution in [1.82, 2.24) is 9.97 Å². The van der Waals surface area contributed by atoms with Crippen LogP contribution in [0.5, 0.6) is 0 Å². The third kappa shape index (κ3) is 3.00. The smallest absolute Gasteiger partial charge is 0.137 e. The van der Waals surface area contributed by atoms with Gasteiger partial charge >= 0.3 is 0 Å². The van der Waals surface area contributed by atoms with Gasteiger partial charge in [-0.1, -0.05) is 38.3 Å². The van der Waals surface area contributed by atoms with Crippen molar-refractivity contribution in [2.75, 3.05) is 11.9 Å². The van der Waals surface area contributed by atoms with Gasteiger partial charge in [0.1, 0.15) is 16.8 Å². The first kappa shape index (κ1) is 14.5. The molecule has 0 unspecified atom stereocenters. The van der Waals surface area contributed by atoms with Crippen LogP contribution in [0.15, 0.2) is 0 Å². The van der Waals surface area contributed by atoms with Gasteiger partial charge in [-0.05, 0) is 19.8 Å². The molecule has 4 nitrogen and oxygen atoms in total. The largest absolute Gasteiger partial charge is 0.394 e. The van der Waals surface area contributed by atoms with E-state index in [1.807, 2.05) is 20.8 Å². The highest BCUT2D eigenvalue weighted by Crippen LogP contribution is 2.34. The molecule has 1 aromatic heterocycles. The van der Waals surface area contributed by atoms with Crippen LogP contribution >= 0.6 is 11.6 Å². The van der Waals surface area contributed by atoms with E-state index in [1.165, 1.54) is 0 Å². The fraction of sp³-hybridized carbons (Fsp3) is 0.714. The molecule has 1 heterocycles. The summed E-state index contributed by atoms with van der Waals surface area (Å²) < 4.78 is 0. The van der Waals surface area contributed by atoms with Crippen LogP contribution in [0.2, 0.25) is 5.15 Å². The Labute approximate surface area is 119 Å². The highest BCUT2D eigenvalue weighted by molar-refractivity contribution is 6.30. The van der Waals surface area contributed by atoms with Gasteiger partial charge in [0.2, 0.25) is 0 Å². The first-order valence-corrected chi connectivity index (χ1v) is 7.28. The van der Waals surface area contributed by atoms with Crippen LogP contribution in [0.4, 0.5) is 5.82 Å². The Morgan fingerprint density at radius 2 is 1.95 bits per heavy atom. The molecule has 0 radical (unpaired) electrons. The number of aromatic nitrogens is 2. The molecule has 0 atom stereocenters. The van der Waals surface area contributed by atoms with E-state index in [0.717, 1.165) is 42.9 Å². The normalized spacial score (nSPS) is 18.0. The molecule has 2 rings (SSSR count). The van der Waals surface area contributed by atoms with Crippen LogP contribution in [0.1, 0.15) is 56.8 Å². The molecule has 1 aliphatic rings. The first-order chi connectivity index (χ1) is 8.97. The average Bonchev–Trinajstić information content (AvgIpc) is 2.83. The topological polar surface area (TPSA) is 58.0 Å². The molecular formula is C14H22ClN3O. The minimum absolute atomic E-state index is 0.130. The molecule has 106 valence electrons. The van der Waals surface area contributed by atoms with E-state index in [2.05, 4.69) is 15.3 Å². The summed E-state index contributed by atoms with van der Waals surface area (Å²) in [4.78, 5) is 8.88. The molecule has 0 amide bonds. The van der Waals surface area contributed by atoms with E-state index in [4.69, 9.17) is 11.6 Å². The van der Waals surface area contributed by atoms with E-state index in [-0.39, 0.29) is 18.1 Å². The number of hydrogen-bond donors (Lipinski definition) is 2. The van der Waals surface area contributed by atoms with Gasteiger partial charge in [-0.2, -0.15) is 0 Å². The summed E-state index contributed by atoms with van der Waals surface area (Å²) in [7, 11) is 0.